The molecule has 0 unspecified atom stereocenters. The Labute approximate surface area is 153 Å². The second kappa shape index (κ2) is 8.12. The highest BCUT2D eigenvalue weighted by Gasteiger charge is 2.15. The average Bonchev–Trinajstić information content (AvgIpc) is 2.67. The first-order valence-electron chi connectivity index (χ1n) is 8.21. The third-order valence-corrected chi connectivity index (χ3v) is 4.50. The Bertz CT molecular complexity index is 726. The third kappa shape index (κ3) is 4.37. The number of hydrazone groups is 1. The standard InChI is InChI=1S/C19H22ClN3O2/c1-24-18-7-8-19(25-2)15(13-18)14-21-23-11-9-22(10-12-23)17-5-3-16(20)4-6-17/h3-8,13-14H,9-12H2,1-2H3/b21-14-. The summed E-state index contributed by atoms with van der Waals surface area (Å²) in [6, 6.07) is 13.7. The maximum atomic E-state index is 5.95. The van der Waals surface area contributed by atoms with Gasteiger partial charge in [-0.2, -0.15) is 5.10 Å². The van der Waals surface area contributed by atoms with E-state index in [1.807, 2.05) is 36.5 Å². The van der Waals surface area contributed by atoms with Crippen LogP contribution in [0, 0.1) is 0 Å². The Kier molecular flexibility index (Phi) is 5.66. The van der Waals surface area contributed by atoms with E-state index in [2.05, 4.69) is 27.1 Å². The summed E-state index contributed by atoms with van der Waals surface area (Å²) in [5, 5.41) is 7.44. The van der Waals surface area contributed by atoms with Crippen LogP contribution in [0.2, 0.25) is 5.02 Å². The first-order chi connectivity index (χ1) is 12.2. The van der Waals surface area contributed by atoms with Crippen LogP contribution in [-0.4, -0.2) is 51.6 Å². The molecule has 0 spiro atoms. The molecule has 6 heteroatoms. The van der Waals surface area contributed by atoms with E-state index in [0.717, 1.165) is 48.3 Å². The number of methoxy groups -OCH3 is 2. The lowest BCUT2D eigenvalue weighted by Gasteiger charge is -2.34. The molecule has 2 aromatic rings. The summed E-state index contributed by atoms with van der Waals surface area (Å²) in [6.45, 7) is 3.58. The van der Waals surface area contributed by atoms with E-state index in [4.69, 9.17) is 21.1 Å². The van der Waals surface area contributed by atoms with E-state index >= 15 is 0 Å². The van der Waals surface area contributed by atoms with Crippen LogP contribution in [0.1, 0.15) is 5.56 Å². The highest BCUT2D eigenvalue weighted by atomic mass is 35.5. The smallest absolute Gasteiger partial charge is 0.127 e. The van der Waals surface area contributed by atoms with Crippen LogP contribution in [0.4, 0.5) is 5.69 Å². The molecule has 1 aliphatic rings. The Morgan fingerprint density at radius 3 is 2.32 bits per heavy atom. The first-order valence-corrected chi connectivity index (χ1v) is 8.59. The molecule has 2 aromatic carbocycles. The molecule has 1 fully saturated rings. The number of anilines is 1. The summed E-state index contributed by atoms with van der Waals surface area (Å²) in [6.07, 6.45) is 1.83. The van der Waals surface area contributed by atoms with Crippen LogP contribution in [0.15, 0.2) is 47.6 Å². The monoisotopic (exact) mass is 359 g/mol. The molecular weight excluding hydrogens is 338 g/mol. The van der Waals surface area contributed by atoms with E-state index in [9.17, 15) is 0 Å². The topological polar surface area (TPSA) is 37.3 Å². The fourth-order valence-electron chi connectivity index (χ4n) is 2.81. The lowest BCUT2D eigenvalue weighted by Crippen LogP contribution is -2.44. The van der Waals surface area contributed by atoms with E-state index in [1.54, 1.807) is 14.2 Å². The Hall–Kier alpha value is -2.40. The van der Waals surface area contributed by atoms with Gasteiger partial charge in [0.1, 0.15) is 11.5 Å². The number of hydrogen-bond donors (Lipinski definition) is 0. The minimum atomic E-state index is 0.763. The van der Waals surface area contributed by atoms with Gasteiger partial charge in [0.25, 0.3) is 0 Å². The van der Waals surface area contributed by atoms with Gasteiger partial charge in [0.05, 0.1) is 33.5 Å². The lowest BCUT2D eigenvalue weighted by atomic mass is 10.2. The molecule has 0 aliphatic carbocycles. The molecule has 0 radical (unpaired) electrons. The van der Waals surface area contributed by atoms with E-state index in [-0.39, 0.29) is 0 Å². The summed E-state index contributed by atoms with van der Waals surface area (Å²) in [5.41, 5.74) is 2.10. The number of ether oxygens (including phenoxy) is 2. The second-order valence-electron chi connectivity index (χ2n) is 5.77. The molecule has 1 heterocycles. The fourth-order valence-corrected chi connectivity index (χ4v) is 2.93. The zero-order valence-electron chi connectivity index (χ0n) is 14.5. The van der Waals surface area contributed by atoms with Crippen molar-refractivity contribution in [1.29, 1.82) is 0 Å². The molecule has 5 nitrogen and oxygen atoms in total. The van der Waals surface area contributed by atoms with E-state index in [1.165, 1.54) is 5.69 Å². The molecule has 3 rings (SSSR count). The molecule has 25 heavy (non-hydrogen) atoms. The van der Waals surface area contributed by atoms with Crippen molar-refractivity contribution in [2.24, 2.45) is 5.10 Å². The minimum Gasteiger partial charge on any atom is -0.497 e. The quantitative estimate of drug-likeness (QED) is 0.765. The van der Waals surface area contributed by atoms with Crippen LogP contribution in [0.3, 0.4) is 0 Å². The molecule has 0 N–H and O–H groups in total. The number of benzene rings is 2. The van der Waals surface area contributed by atoms with Crippen molar-refractivity contribution in [2.75, 3.05) is 45.3 Å². The summed E-state index contributed by atoms with van der Waals surface area (Å²) in [4.78, 5) is 2.34. The number of piperazine rings is 1. The molecule has 0 bridgehead atoms. The molecule has 1 saturated heterocycles. The minimum absolute atomic E-state index is 0.763. The Morgan fingerprint density at radius 1 is 0.960 bits per heavy atom. The van der Waals surface area contributed by atoms with Gasteiger partial charge < -0.3 is 14.4 Å². The van der Waals surface area contributed by atoms with Crippen LogP contribution in [0.25, 0.3) is 0 Å². The van der Waals surface area contributed by atoms with Crippen molar-refractivity contribution in [1.82, 2.24) is 5.01 Å². The average molecular weight is 360 g/mol. The van der Waals surface area contributed by atoms with Gasteiger partial charge in [-0.25, -0.2) is 0 Å². The number of halogens is 1. The second-order valence-corrected chi connectivity index (χ2v) is 6.21. The molecule has 132 valence electrons. The normalized spacial score (nSPS) is 14.8. The molecule has 0 saturated carbocycles. The van der Waals surface area contributed by atoms with Gasteiger partial charge in [-0.1, -0.05) is 11.6 Å². The van der Waals surface area contributed by atoms with Gasteiger partial charge in [0.2, 0.25) is 0 Å². The van der Waals surface area contributed by atoms with Crippen molar-refractivity contribution >= 4 is 23.5 Å². The van der Waals surface area contributed by atoms with Gasteiger partial charge in [-0.3, -0.25) is 5.01 Å². The SMILES string of the molecule is COc1ccc(OC)c(/C=N\N2CCN(c3ccc(Cl)cc3)CC2)c1. The molecule has 1 aliphatic heterocycles. The zero-order chi connectivity index (χ0) is 17.6. The summed E-state index contributed by atoms with van der Waals surface area (Å²) in [5.74, 6) is 1.57. The van der Waals surface area contributed by atoms with Crippen LogP contribution in [0.5, 0.6) is 11.5 Å². The molecule has 0 atom stereocenters. The van der Waals surface area contributed by atoms with Crippen LogP contribution >= 0.6 is 11.6 Å². The molecular formula is C19H22ClN3O2. The van der Waals surface area contributed by atoms with Gasteiger partial charge in [0, 0.05) is 29.4 Å². The lowest BCUT2D eigenvalue weighted by molar-refractivity contribution is 0.272. The first kappa shape index (κ1) is 17.4. The Morgan fingerprint density at radius 2 is 1.68 bits per heavy atom. The maximum Gasteiger partial charge on any atom is 0.127 e. The van der Waals surface area contributed by atoms with Gasteiger partial charge in [-0.05, 0) is 42.5 Å². The van der Waals surface area contributed by atoms with Crippen molar-refractivity contribution in [2.45, 2.75) is 0 Å². The van der Waals surface area contributed by atoms with Crippen molar-refractivity contribution in [3.05, 3.63) is 53.1 Å². The largest absolute Gasteiger partial charge is 0.497 e. The highest BCUT2D eigenvalue weighted by molar-refractivity contribution is 6.30. The highest BCUT2D eigenvalue weighted by Crippen LogP contribution is 2.23. The molecule has 0 amide bonds. The summed E-state index contributed by atoms with van der Waals surface area (Å²) >= 11 is 5.95. The van der Waals surface area contributed by atoms with Gasteiger partial charge >= 0.3 is 0 Å². The number of rotatable bonds is 5. The fraction of sp³-hybridized carbons (Fsp3) is 0.316. The van der Waals surface area contributed by atoms with Gasteiger partial charge in [0.15, 0.2) is 0 Å². The van der Waals surface area contributed by atoms with Crippen molar-refractivity contribution in [3.63, 3.8) is 0 Å². The van der Waals surface area contributed by atoms with E-state index in [0.29, 0.717) is 0 Å². The van der Waals surface area contributed by atoms with Crippen LogP contribution in [-0.2, 0) is 0 Å². The molecule has 0 aromatic heterocycles. The number of nitrogens with zero attached hydrogens (tertiary/aromatic N) is 3. The zero-order valence-corrected chi connectivity index (χ0v) is 15.2. The van der Waals surface area contributed by atoms with Crippen molar-refractivity contribution in [3.8, 4) is 11.5 Å². The predicted molar refractivity (Wildman–Crippen MR) is 102 cm³/mol. The van der Waals surface area contributed by atoms with Crippen molar-refractivity contribution < 1.29 is 9.47 Å². The Balaban J connectivity index is 1.62. The summed E-state index contributed by atoms with van der Waals surface area (Å²) in [7, 11) is 3.31. The third-order valence-electron chi connectivity index (χ3n) is 4.24. The number of hydrogen-bond acceptors (Lipinski definition) is 5. The van der Waals surface area contributed by atoms with E-state index < -0.39 is 0 Å². The maximum absolute atomic E-state index is 5.95. The van der Waals surface area contributed by atoms with Gasteiger partial charge in [-0.15, -0.1) is 0 Å². The predicted octanol–water partition coefficient (Wildman–Crippen LogP) is 3.51. The van der Waals surface area contributed by atoms with Crippen LogP contribution < -0.4 is 14.4 Å². The summed E-state index contributed by atoms with van der Waals surface area (Å²) < 4.78 is 10.7.